The first kappa shape index (κ1) is 19.1. The lowest BCUT2D eigenvalue weighted by Gasteiger charge is -2.10. The van der Waals surface area contributed by atoms with Crippen LogP contribution in [0.3, 0.4) is 0 Å². The first-order valence-electron chi connectivity index (χ1n) is 8.86. The van der Waals surface area contributed by atoms with Crippen molar-refractivity contribution in [1.29, 1.82) is 0 Å². The minimum atomic E-state index is -0.509. The van der Waals surface area contributed by atoms with Gasteiger partial charge in [0, 0.05) is 31.6 Å². The van der Waals surface area contributed by atoms with Gasteiger partial charge in [-0.2, -0.15) is 0 Å². The van der Waals surface area contributed by atoms with Crippen LogP contribution in [0.5, 0.6) is 5.75 Å². The Hall–Kier alpha value is -4.21. The molecule has 4 aromatic rings. The Kier molecular flexibility index (Phi) is 4.66. The molecule has 0 saturated carbocycles. The number of ether oxygens (including phenoxy) is 1. The minimum absolute atomic E-state index is 0.197. The van der Waals surface area contributed by atoms with Crippen LogP contribution in [-0.2, 0) is 18.9 Å². The highest BCUT2D eigenvalue weighted by molar-refractivity contribution is 5.93. The predicted octanol–water partition coefficient (Wildman–Crippen LogP) is 0.756. The summed E-state index contributed by atoms with van der Waals surface area (Å²) >= 11 is 0. The van der Waals surface area contributed by atoms with Gasteiger partial charge in [-0.25, -0.2) is 14.6 Å². The molecule has 0 radical (unpaired) electrons. The number of amides is 1. The molecule has 0 unspecified atom stereocenters. The first-order valence-corrected chi connectivity index (χ1v) is 8.86. The Labute approximate surface area is 168 Å². The second kappa shape index (κ2) is 7.32. The number of pyridine rings is 1. The molecule has 1 N–H and O–H groups in total. The molecule has 1 aromatic carbocycles. The van der Waals surface area contributed by atoms with Crippen molar-refractivity contribution in [2.45, 2.75) is 0 Å². The Balaban J connectivity index is 1.51. The molecule has 0 fully saturated rings. The highest BCUT2D eigenvalue weighted by atomic mass is 16.5. The van der Waals surface area contributed by atoms with E-state index >= 15 is 0 Å². The molecule has 0 saturated heterocycles. The standard InChI is InChI=1S/C20H16N4O6/c1-23-18-14(19(27)24(2)20(23)28)7-12(9-21-18)22-16(25)10-29-13-5-3-11-4-6-17(26)30-15(11)8-13/h3-9H,10H2,1-2H3,(H,22,25). The maximum Gasteiger partial charge on any atom is 0.336 e. The third-order valence-electron chi connectivity index (χ3n) is 4.54. The van der Waals surface area contributed by atoms with Gasteiger partial charge in [-0.1, -0.05) is 0 Å². The number of fused-ring (bicyclic) bond motifs is 2. The largest absolute Gasteiger partial charge is 0.484 e. The molecule has 3 heterocycles. The lowest BCUT2D eigenvalue weighted by Crippen LogP contribution is -2.37. The summed E-state index contributed by atoms with van der Waals surface area (Å²) < 4.78 is 12.8. The van der Waals surface area contributed by atoms with Crippen molar-refractivity contribution < 1.29 is 13.9 Å². The Morgan fingerprint density at radius 3 is 2.67 bits per heavy atom. The van der Waals surface area contributed by atoms with Crippen LogP contribution in [0.4, 0.5) is 5.69 Å². The summed E-state index contributed by atoms with van der Waals surface area (Å²) in [5, 5.41) is 3.52. The molecule has 0 aliphatic rings. The summed E-state index contributed by atoms with van der Waals surface area (Å²) in [5.74, 6) is -0.125. The number of carbonyl (C=O) groups is 1. The van der Waals surface area contributed by atoms with Crippen molar-refractivity contribution in [3.05, 3.63) is 73.9 Å². The maximum absolute atomic E-state index is 12.3. The number of rotatable bonds is 4. The maximum atomic E-state index is 12.3. The van der Waals surface area contributed by atoms with E-state index < -0.39 is 22.8 Å². The van der Waals surface area contributed by atoms with Crippen LogP contribution in [0, 0.1) is 0 Å². The van der Waals surface area contributed by atoms with Crippen LogP contribution in [0.15, 0.2) is 61.4 Å². The Bertz CT molecular complexity index is 1480. The molecule has 0 atom stereocenters. The first-order chi connectivity index (χ1) is 14.3. The smallest absolute Gasteiger partial charge is 0.336 e. The zero-order valence-corrected chi connectivity index (χ0v) is 16.0. The molecule has 0 bridgehead atoms. The molecule has 10 nitrogen and oxygen atoms in total. The number of benzene rings is 1. The van der Waals surface area contributed by atoms with Crippen molar-refractivity contribution in [3.8, 4) is 5.75 Å². The van der Waals surface area contributed by atoms with Crippen LogP contribution >= 0.6 is 0 Å². The van der Waals surface area contributed by atoms with Crippen LogP contribution in [0.2, 0.25) is 0 Å². The Morgan fingerprint density at radius 2 is 1.87 bits per heavy atom. The molecule has 1 amide bonds. The fraction of sp³-hybridized carbons (Fsp3) is 0.150. The van der Waals surface area contributed by atoms with E-state index in [4.69, 9.17) is 9.15 Å². The molecule has 0 aliphatic carbocycles. The van der Waals surface area contributed by atoms with Gasteiger partial charge in [0.15, 0.2) is 6.61 Å². The van der Waals surface area contributed by atoms with Gasteiger partial charge in [-0.05, 0) is 24.3 Å². The van der Waals surface area contributed by atoms with Crippen molar-refractivity contribution >= 4 is 33.6 Å². The van der Waals surface area contributed by atoms with Gasteiger partial charge < -0.3 is 14.5 Å². The number of hydrogen-bond acceptors (Lipinski definition) is 7. The van der Waals surface area contributed by atoms with E-state index in [1.54, 1.807) is 18.2 Å². The number of aryl methyl sites for hydroxylation is 1. The van der Waals surface area contributed by atoms with Crippen molar-refractivity contribution in [1.82, 2.24) is 14.1 Å². The number of aromatic nitrogens is 3. The Morgan fingerprint density at radius 1 is 1.10 bits per heavy atom. The number of carbonyl (C=O) groups excluding carboxylic acids is 1. The summed E-state index contributed by atoms with van der Waals surface area (Å²) in [6.07, 6.45) is 1.35. The number of hydrogen-bond donors (Lipinski definition) is 1. The molecular weight excluding hydrogens is 392 g/mol. The number of nitrogens with zero attached hydrogens (tertiary/aromatic N) is 3. The summed E-state index contributed by atoms with van der Waals surface area (Å²) in [7, 11) is 2.88. The molecule has 4 rings (SSSR count). The molecular formula is C20H16N4O6. The second-order valence-electron chi connectivity index (χ2n) is 6.59. The quantitative estimate of drug-likeness (QED) is 0.494. The van der Waals surface area contributed by atoms with Gasteiger partial charge >= 0.3 is 11.3 Å². The molecule has 0 spiro atoms. The van der Waals surface area contributed by atoms with Gasteiger partial charge in [-0.15, -0.1) is 0 Å². The zero-order chi connectivity index (χ0) is 21.4. The van der Waals surface area contributed by atoms with Gasteiger partial charge in [0.05, 0.1) is 17.3 Å². The fourth-order valence-electron chi connectivity index (χ4n) is 3.01. The van der Waals surface area contributed by atoms with Crippen molar-refractivity contribution in [2.75, 3.05) is 11.9 Å². The highest BCUT2D eigenvalue weighted by Gasteiger charge is 2.12. The normalized spacial score (nSPS) is 11.0. The molecule has 3 aromatic heterocycles. The lowest BCUT2D eigenvalue weighted by molar-refractivity contribution is -0.118. The fourth-order valence-corrected chi connectivity index (χ4v) is 3.01. The highest BCUT2D eigenvalue weighted by Crippen LogP contribution is 2.19. The van der Waals surface area contributed by atoms with E-state index in [-0.39, 0.29) is 23.3 Å². The van der Waals surface area contributed by atoms with Crippen molar-refractivity contribution in [3.63, 3.8) is 0 Å². The molecule has 30 heavy (non-hydrogen) atoms. The molecule has 152 valence electrons. The molecule has 10 heteroatoms. The second-order valence-corrected chi connectivity index (χ2v) is 6.59. The van der Waals surface area contributed by atoms with Gasteiger partial charge in [-0.3, -0.25) is 18.7 Å². The summed E-state index contributed by atoms with van der Waals surface area (Å²) in [5.41, 5.74) is -0.626. The van der Waals surface area contributed by atoms with Gasteiger partial charge in [0.2, 0.25) is 0 Å². The lowest BCUT2D eigenvalue weighted by atomic mass is 10.2. The van der Waals surface area contributed by atoms with Gasteiger partial charge in [0.1, 0.15) is 17.0 Å². The van der Waals surface area contributed by atoms with Gasteiger partial charge in [0.25, 0.3) is 11.5 Å². The van der Waals surface area contributed by atoms with Crippen LogP contribution in [-0.4, -0.2) is 26.6 Å². The third kappa shape index (κ3) is 3.46. The van der Waals surface area contributed by atoms with Crippen LogP contribution in [0.1, 0.15) is 0 Å². The molecule has 0 aliphatic heterocycles. The van der Waals surface area contributed by atoms with E-state index in [9.17, 15) is 19.2 Å². The zero-order valence-electron chi connectivity index (χ0n) is 16.0. The average molecular weight is 408 g/mol. The summed E-state index contributed by atoms with van der Waals surface area (Å²) in [6, 6.07) is 9.28. The number of anilines is 1. The predicted molar refractivity (Wildman–Crippen MR) is 109 cm³/mol. The van der Waals surface area contributed by atoms with E-state index in [0.717, 1.165) is 9.95 Å². The summed E-state index contributed by atoms with van der Waals surface area (Å²) in [6.45, 7) is -0.314. The van der Waals surface area contributed by atoms with E-state index in [2.05, 4.69) is 10.3 Å². The van der Waals surface area contributed by atoms with E-state index in [1.807, 2.05) is 0 Å². The third-order valence-corrected chi connectivity index (χ3v) is 4.54. The number of nitrogens with one attached hydrogen (secondary N) is 1. The van der Waals surface area contributed by atoms with E-state index in [1.165, 1.54) is 43.1 Å². The van der Waals surface area contributed by atoms with Crippen LogP contribution in [0.25, 0.3) is 22.0 Å². The SMILES string of the molecule is Cn1c(=O)c2cc(NC(=O)COc3ccc4ccc(=O)oc4c3)cnc2n(C)c1=O. The van der Waals surface area contributed by atoms with Crippen LogP contribution < -0.4 is 26.9 Å². The average Bonchev–Trinajstić information content (AvgIpc) is 2.74. The topological polar surface area (TPSA) is 125 Å². The minimum Gasteiger partial charge on any atom is -0.484 e. The summed E-state index contributed by atoms with van der Waals surface area (Å²) in [4.78, 5) is 52.0. The van der Waals surface area contributed by atoms with E-state index in [0.29, 0.717) is 11.3 Å². The van der Waals surface area contributed by atoms with Crippen molar-refractivity contribution in [2.24, 2.45) is 14.1 Å². The monoisotopic (exact) mass is 408 g/mol.